The van der Waals surface area contributed by atoms with Crippen LogP contribution in [0, 0.1) is 0 Å². The molecule has 0 atom stereocenters. The Morgan fingerprint density at radius 1 is 1.19 bits per heavy atom. The first-order valence-corrected chi connectivity index (χ1v) is 9.31. The van der Waals surface area contributed by atoms with Crippen molar-refractivity contribution in [3.63, 3.8) is 0 Å². The maximum Gasteiger partial charge on any atom is 0.353 e. The quantitative estimate of drug-likeness (QED) is 0.861. The summed E-state index contributed by atoms with van der Waals surface area (Å²) >= 11 is 0. The van der Waals surface area contributed by atoms with Gasteiger partial charge in [0.05, 0.1) is 24.2 Å². The summed E-state index contributed by atoms with van der Waals surface area (Å²) in [6, 6.07) is 7.07. The monoisotopic (exact) mass is 378 g/mol. The van der Waals surface area contributed by atoms with Crippen LogP contribution in [-0.2, 0) is 27.8 Å². The molecule has 0 aliphatic carbocycles. The summed E-state index contributed by atoms with van der Waals surface area (Å²) < 4.78 is 32.1. The average Bonchev–Trinajstić information content (AvgIpc) is 3.01. The molecule has 1 aliphatic heterocycles. The summed E-state index contributed by atoms with van der Waals surface area (Å²) in [5.41, 5.74) is 0.591. The van der Waals surface area contributed by atoms with Crippen LogP contribution in [0.15, 0.2) is 35.2 Å². The van der Waals surface area contributed by atoms with Crippen LogP contribution in [0.25, 0.3) is 0 Å². The number of aromatic nitrogens is 1. The van der Waals surface area contributed by atoms with Gasteiger partial charge in [0.25, 0.3) is 10.0 Å². The van der Waals surface area contributed by atoms with Gasteiger partial charge in [-0.15, -0.1) is 0 Å². The van der Waals surface area contributed by atoms with Gasteiger partial charge in [-0.1, -0.05) is 0 Å². The molecule has 138 valence electrons. The Morgan fingerprint density at radius 2 is 1.85 bits per heavy atom. The Balaban J connectivity index is 2.17. The molecule has 2 aromatic rings. The number of ether oxygens (including phenoxy) is 1. The first-order valence-electron chi connectivity index (χ1n) is 7.87. The van der Waals surface area contributed by atoms with Gasteiger partial charge in [-0.3, -0.25) is 4.79 Å². The van der Waals surface area contributed by atoms with Crippen molar-refractivity contribution in [2.24, 2.45) is 0 Å². The molecule has 0 saturated carbocycles. The maximum atomic E-state index is 13.1. The molecule has 26 heavy (non-hydrogen) atoms. The number of benzene rings is 1. The van der Waals surface area contributed by atoms with Crippen LogP contribution >= 0.6 is 0 Å². The molecular formula is C17H18N2O6S. The molecule has 0 bridgehead atoms. The second kappa shape index (κ2) is 6.49. The topological polar surface area (TPSA) is 106 Å². The van der Waals surface area contributed by atoms with Crippen molar-refractivity contribution in [3.05, 3.63) is 47.3 Å². The van der Waals surface area contributed by atoms with Gasteiger partial charge in [-0.05, 0) is 42.3 Å². The number of hydrogen-bond acceptors (Lipinski definition) is 5. The molecule has 0 radical (unpaired) electrons. The predicted molar refractivity (Wildman–Crippen MR) is 91.8 cm³/mol. The minimum absolute atomic E-state index is 0.0489. The molecule has 1 N–H and O–H groups in total. The second-order valence-electron chi connectivity index (χ2n) is 5.94. The van der Waals surface area contributed by atoms with Gasteiger partial charge < -0.3 is 14.7 Å². The van der Waals surface area contributed by atoms with Crippen LogP contribution in [0.3, 0.4) is 0 Å². The highest BCUT2D eigenvalue weighted by Crippen LogP contribution is 2.29. The number of fused-ring (bicyclic) bond motifs is 1. The summed E-state index contributed by atoms with van der Waals surface area (Å²) in [5, 5.41) is 9.50. The van der Waals surface area contributed by atoms with Crippen LogP contribution in [0.4, 0.5) is 0 Å². The van der Waals surface area contributed by atoms with E-state index < -0.39 is 16.0 Å². The van der Waals surface area contributed by atoms with Gasteiger partial charge in [-0.25, -0.2) is 17.2 Å². The Morgan fingerprint density at radius 3 is 2.38 bits per heavy atom. The highest BCUT2D eigenvalue weighted by atomic mass is 32.2. The number of amides is 1. The van der Waals surface area contributed by atoms with E-state index in [4.69, 9.17) is 4.74 Å². The maximum absolute atomic E-state index is 13.1. The van der Waals surface area contributed by atoms with Crippen LogP contribution < -0.4 is 4.74 Å². The molecule has 9 heteroatoms. The standard InChI is InChI=1S/C17H18N2O6S/c1-11(20)18-8-7-12-9-15(17(21)22)19(16(12)10-18)26(23,24)14-5-3-13(25-2)4-6-14/h3-6,9H,7-8,10H2,1-2H3,(H,21,22). The number of carboxylic acids is 1. The number of aromatic carboxylic acids is 1. The minimum Gasteiger partial charge on any atom is -0.497 e. The van der Waals surface area contributed by atoms with E-state index in [0.717, 1.165) is 3.97 Å². The van der Waals surface area contributed by atoms with Gasteiger partial charge in [-0.2, -0.15) is 0 Å². The zero-order valence-corrected chi connectivity index (χ0v) is 15.1. The summed E-state index contributed by atoms with van der Waals surface area (Å²) in [6.07, 6.45) is 0.403. The van der Waals surface area contributed by atoms with Crippen molar-refractivity contribution in [1.29, 1.82) is 0 Å². The highest BCUT2D eigenvalue weighted by molar-refractivity contribution is 7.90. The van der Waals surface area contributed by atoms with E-state index in [2.05, 4.69) is 0 Å². The molecule has 2 heterocycles. The first kappa shape index (κ1) is 18.0. The van der Waals surface area contributed by atoms with Gasteiger partial charge in [0.1, 0.15) is 11.4 Å². The van der Waals surface area contributed by atoms with Crippen molar-refractivity contribution in [2.75, 3.05) is 13.7 Å². The molecular weight excluding hydrogens is 360 g/mol. The van der Waals surface area contributed by atoms with Gasteiger partial charge >= 0.3 is 5.97 Å². The van der Waals surface area contributed by atoms with Crippen LogP contribution in [-0.4, -0.2) is 47.9 Å². The van der Waals surface area contributed by atoms with E-state index in [1.54, 1.807) is 0 Å². The van der Waals surface area contributed by atoms with Crippen molar-refractivity contribution in [1.82, 2.24) is 8.87 Å². The van der Waals surface area contributed by atoms with Crippen molar-refractivity contribution in [2.45, 2.75) is 24.8 Å². The Bertz CT molecular complexity index is 975. The van der Waals surface area contributed by atoms with Gasteiger partial charge in [0.2, 0.25) is 5.91 Å². The molecule has 0 spiro atoms. The lowest BCUT2D eigenvalue weighted by Crippen LogP contribution is -2.36. The molecule has 0 saturated heterocycles. The van der Waals surface area contributed by atoms with E-state index in [9.17, 15) is 23.1 Å². The average molecular weight is 378 g/mol. The second-order valence-corrected chi connectivity index (χ2v) is 7.73. The third-order valence-electron chi connectivity index (χ3n) is 4.40. The van der Waals surface area contributed by atoms with Crippen LogP contribution in [0.1, 0.15) is 28.7 Å². The smallest absolute Gasteiger partial charge is 0.353 e. The summed E-state index contributed by atoms with van der Waals surface area (Å²) in [5.74, 6) is -1.05. The molecule has 8 nitrogen and oxygen atoms in total. The Hall–Kier alpha value is -2.81. The Kier molecular flexibility index (Phi) is 4.49. The minimum atomic E-state index is -4.14. The molecule has 0 unspecified atom stereocenters. The largest absolute Gasteiger partial charge is 0.497 e. The van der Waals surface area contributed by atoms with E-state index in [1.165, 1.54) is 49.3 Å². The number of hydrogen-bond donors (Lipinski definition) is 1. The zero-order valence-electron chi connectivity index (χ0n) is 14.3. The molecule has 0 fully saturated rings. The van der Waals surface area contributed by atoms with Crippen LogP contribution in [0.5, 0.6) is 5.75 Å². The molecule has 1 aromatic carbocycles. The summed E-state index contributed by atoms with van der Waals surface area (Å²) in [4.78, 5) is 24.8. The number of carbonyl (C=O) groups is 2. The SMILES string of the molecule is COc1ccc(S(=O)(=O)n2c(C(=O)O)cc3c2CN(C(C)=O)CC3)cc1. The number of rotatable bonds is 4. The molecule has 1 aromatic heterocycles. The molecule has 1 amide bonds. The highest BCUT2D eigenvalue weighted by Gasteiger charge is 2.32. The number of methoxy groups -OCH3 is 1. The third-order valence-corrected chi connectivity index (χ3v) is 6.17. The molecule has 1 aliphatic rings. The lowest BCUT2D eigenvalue weighted by molar-refractivity contribution is -0.129. The normalized spacial score (nSPS) is 14.0. The van der Waals surface area contributed by atoms with E-state index >= 15 is 0 Å². The summed E-state index contributed by atoms with van der Waals surface area (Å²) in [6.45, 7) is 1.87. The fourth-order valence-electron chi connectivity index (χ4n) is 3.03. The number of nitrogens with zero attached hydrogens (tertiary/aromatic N) is 2. The Labute approximate surface area is 150 Å². The van der Waals surface area contributed by atoms with Crippen molar-refractivity contribution < 1.29 is 27.9 Å². The lowest BCUT2D eigenvalue weighted by atomic mass is 10.1. The zero-order chi connectivity index (χ0) is 19.1. The van der Waals surface area contributed by atoms with E-state index in [-0.39, 0.29) is 23.0 Å². The van der Waals surface area contributed by atoms with Crippen molar-refractivity contribution in [3.8, 4) is 5.75 Å². The fourth-order valence-corrected chi connectivity index (χ4v) is 4.57. The third kappa shape index (κ3) is 2.94. The fraction of sp³-hybridized carbons (Fsp3) is 0.294. The number of carboxylic acid groups (broad SMARTS) is 1. The number of carbonyl (C=O) groups excluding carboxylic acids is 1. The first-order chi connectivity index (χ1) is 12.3. The van der Waals surface area contributed by atoms with E-state index in [1.807, 2.05) is 0 Å². The predicted octanol–water partition coefficient (Wildman–Crippen LogP) is 1.34. The van der Waals surface area contributed by atoms with Gasteiger partial charge in [0.15, 0.2) is 0 Å². The van der Waals surface area contributed by atoms with Crippen molar-refractivity contribution >= 4 is 21.9 Å². The molecule has 3 rings (SSSR count). The summed E-state index contributed by atoms with van der Waals surface area (Å²) in [7, 11) is -2.68. The van der Waals surface area contributed by atoms with Gasteiger partial charge in [0, 0.05) is 13.5 Å². The lowest BCUT2D eigenvalue weighted by Gasteiger charge is -2.27. The van der Waals surface area contributed by atoms with E-state index in [0.29, 0.717) is 30.0 Å². The van der Waals surface area contributed by atoms with Crippen LogP contribution in [0.2, 0.25) is 0 Å².